The predicted molar refractivity (Wildman–Crippen MR) is 55.5 cm³/mol. The van der Waals surface area contributed by atoms with Gasteiger partial charge in [-0.25, -0.2) is 9.18 Å². The summed E-state index contributed by atoms with van der Waals surface area (Å²) < 4.78 is 69.8. The van der Waals surface area contributed by atoms with E-state index in [9.17, 15) is 26.7 Å². The van der Waals surface area contributed by atoms with Crippen LogP contribution in [0.3, 0.4) is 0 Å². The molecule has 0 aromatic rings. The largest absolute Gasteiger partial charge is 0.462 e. The summed E-state index contributed by atoms with van der Waals surface area (Å²) >= 11 is 0. The standard InChI is InChI=1S/C11H15F5O2/c1-7(2)8(17)18-6-5-10(13,14)11(15,16)9(3,4)12/h1,5-6H2,2-4H3. The van der Waals surface area contributed by atoms with Gasteiger partial charge in [-0.2, -0.15) is 17.6 Å². The fourth-order valence-electron chi connectivity index (χ4n) is 0.987. The van der Waals surface area contributed by atoms with Crippen molar-refractivity contribution >= 4 is 5.97 Å². The Labute approximate surface area is 102 Å². The summed E-state index contributed by atoms with van der Waals surface area (Å²) in [6.45, 7) is 4.25. The van der Waals surface area contributed by atoms with Gasteiger partial charge >= 0.3 is 17.8 Å². The van der Waals surface area contributed by atoms with Crippen LogP contribution in [0.1, 0.15) is 27.2 Å². The van der Waals surface area contributed by atoms with Crippen molar-refractivity contribution in [3.05, 3.63) is 12.2 Å². The Morgan fingerprint density at radius 3 is 1.94 bits per heavy atom. The molecule has 0 aromatic carbocycles. The molecule has 106 valence electrons. The highest BCUT2D eigenvalue weighted by atomic mass is 19.3. The zero-order valence-corrected chi connectivity index (χ0v) is 10.3. The molecule has 0 bridgehead atoms. The van der Waals surface area contributed by atoms with E-state index < -0.39 is 36.5 Å². The molecule has 0 aliphatic heterocycles. The van der Waals surface area contributed by atoms with Crippen LogP contribution in [-0.2, 0) is 9.53 Å². The van der Waals surface area contributed by atoms with Crippen molar-refractivity contribution in [1.82, 2.24) is 0 Å². The first-order chi connectivity index (χ1) is 7.83. The van der Waals surface area contributed by atoms with Crippen LogP contribution in [0, 0.1) is 0 Å². The lowest BCUT2D eigenvalue weighted by molar-refractivity contribution is -0.267. The van der Waals surface area contributed by atoms with Crippen LogP contribution in [0.2, 0.25) is 0 Å². The lowest BCUT2D eigenvalue weighted by Gasteiger charge is -2.33. The van der Waals surface area contributed by atoms with Crippen molar-refractivity contribution in [3.8, 4) is 0 Å². The summed E-state index contributed by atoms with van der Waals surface area (Å²) in [5.74, 6) is -10.4. The number of rotatable bonds is 6. The number of alkyl halides is 5. The number of hydrogen-bond donors (Lipinski definition) is 0. The highest BCUT2D eigenvalue weighted by molar-refractivity contribution is 5.86. The summed E-state index contributed by atoms with van der Waals surface area (Å²) in [6.07, 6.45) is -1.47. The van der Waals surface area contributed by atoms with Crippen LogP contribution in [0.5, 0.6) is 0 Å². The third-order valence-corrected chi connectivity index (χ3v) is 2.20. The van der Waals surface area contributed by atoms with Crippen molar-refractivity contribution in [3.63, 3.8) is 0 Å². The average molecular weight is 274 g/mol. The zero-order valence-electron chi connectivity index (χ0n) is 10.3. The smallest absolute Gasteiger partial charge is 0.342 e. The fourth-order valence-corrected chi connectivity index (χ4v) is 0.987. The molecule has 0 fully saturated rings. The van der Waals surface area contributed by atoms with Gasteiger partial charge in [-0.15, -0.1) is 0 Å². The van der Waals surface area contributed by atoms with Gasteiger partial charge in [0.15, 0.2) is 5.67 Å². The van der Waals surface area contributed by atoms with Crippen molar-refractivity contribution < 1.29 is 31.5 Å². The van der Waals surface area contributed by atoms with Crippen LogP contribution >= 0.6 is 0 Å². The van der Waals surface area contributed by atoms with E-state index in [1.54, 1.807) is 0 Å². The minimum atomic E-state index is -4.85. The molecule has 0 spiro atoms. The van der Waals surface area contributed by atoms with Gasteiger partial charge in [0.1, 0.15) is 0 Å². The number of halogens is 5. The molecule has 0 N–H and O–H groups in total. The SMILES string of the molecule is C=C(C)C(=O)OCCC(F)(F)C(F)(F)C(C)(C)F. The quantitative estimate of drug-likeness (QED) is 0.421. The minimum Gasteiger partial charge on any atom is -0.462 e. The zero-order chi connectivity index (χ0) is 14.8. The molecule has 2 nitrogen and oxygen atoms in total. The Morgan fingerprint density at radius 1 is 1.17 bits per heavy atom. The monoisotopic (exact) mass is 274 g/mol. The highest BCUT2D eigenvalue weighted by Crippen LogP contribution is 2.45. The third-order valence-electron chi connectivity index (χ3n) is 2.20. The van der Waals surface area contributed by atoms with Gasteiger partial charge in [0.05, 0.1) is 13.0 Å². The van der Waals surface area contributed by atoms with Gasteiger partial charge in [-0.05, 0) is 20.8 Å². The maximum Gasteiger partial charge on any atom is 0.342 e. The molecule has 7 heteroatoms. The second-order valence-corrected chi connectivity index (χ2v) is 4.42. The second-order valence-electron chi connectivity index (χ2n) is 4.42. The van der Waals surface area contributed by atoms with Crippen LogP contribution in [-0.4, -0.2) is 30.1 Å². The van der Waals surface area contributed by atoms with Gasteiger partial charge in [0, 0.05) is 5.57 Å². The first-order valence-electron chi connectivity index (χ1n) is 5.10. The van der Waals surface area contributed by atoms with Gasteiger partial charge in [-0.3, -0.25) is 0 Å². The Balaban J connectivity index is 4.58. The van der Waals surface area contributed by atoms with Crippen LogP contribution in [0.15, 0.2) is 12.2 Å². The molecule has 0 aromatic heterocycles. The Hall–Kier alpha value is -1.14. The van der Waals surface area contributed by atoms with Gasteiger partial charge in [-0.1, -0.05) is 6.58 Å². The van der Waals surface area contributed by atoms with E-state index >= 15 is 0 Å². The fraction of sp³-hybridized carbons (Fsp3) is 0.727. The summed E-state index contributed by atoms with van der Waals surface area (Å²) in [6, 6.07) is 0. The average Bonchev–Trinajstić information content (AvgIpc) is 2.14. The van der Waals surface area contributed by atoms with Crippen LogP contribution < -0.4 is 0 Å². The van der Waals surface area contributed by atoms with E-state index in [1.807, 2.05) is 0 Å². The lowest BCUT2D eigenvalue weighted by atomic mass is 9.94. The molecule has 0 atom stereocenters. The van der Waals surface area contributed by atoms with Crippen LogP contribution in [0.25, 0.3) is 0 Å². The van der Waals surface area contributed by atoms with E-state index in [0.29, 0.717) is 13.8 Å². The molecule has 0 radical (unpaired) electrons. The van der Waals surface area contributed by atoms with Gasteiger partial charge in [0.25, 0.3) is 0 Å². The van der Waals surface area contributed by atoms with Crippen molar-refractivity contribution in [2.45, 2.75) is 44.7 Å². The summed E-state index contributed by atoms with van der Waals surface area (Å²) in [4.78, 5) is 10.8. The summed E-state index contributed by atoms with van der Waals surface area (Å²) in [5, 5.41) is 0. The lowest BCUT2D eigenvalue weighted by Crippen LogP contribution is -2.53. The molecule has 0 saturated heterocycles. The number of hydrogen-bond acceptors (Lipinski definition) is 2. The van der Waals surface area contributed by atoms with Crippen molar-refractivity contribution in [2.75, 3.05) is 6.61 Å². The molecule has 18 heavy (non-hydrogen) atoms. The molecule has 0 amide bonds. The third kappa shape index (κ3) is 3.68. The molecule has 0 aliphatic carbocycles. The number of carbonyl (C=O) groups excluding carboxylic acids is 1. The van der Waals surface area contributed by atoms with E-state index in [-0.39, 0.29) is 5.57 Å². The van der Waals surface area contributed by atoms with Gasteiger partial charge in [0.2, 0.25) is 0 Å². The van der Waals surface area contributed by atoms with E-state index in [0.717, 1.165) is 0 Å². The molecule has 0 saturated carbocycles. The molecule has 0 heterocycles. The highest BCUT2D eigenvalue weighted by Gasteiger charge is 2.65. The first-order valence-corrected chi connectivity index (χ1v) is 5.10. The first kappa shape index (κ1) is 16.9. The number of esters is 1. The van der Waals surface area contributed by atoms with Crippen LogP contribution in [0.4, 0.5) is 22.0 Å². The number of carbonyl (C=O) groups is 1. The maximum atomic E-state index is 13.1. The topological polar surface area (TPSA) is 26.3 Å². The normalized spacial score (nSPS) is 13.3. The van der Waals surface area contributed by atoms with Crippen molar-refractivity contribution in [1.29, 1.82) is 0 Å². The second kappa shape index (κ2) is 5.24. The Morgan fingerprint density at radius 2 is 1.61 bits per heavy atom. The van der Waals surface area contributed by atoms with Crippen molar-refractivity contribution in [2.24, 2.45) is 0 Å². The molecular weight excluding hydrogens is 259 g/mol. The van der Waals surface area contributed by atoms with Gasteiger partial charge < -0.3 is 4.74 Å². The Kier molecular flexibility index (Phi) is 4.91. The Bertz CT molecular complexity index is 331. The molecule has 0 unspecified atom stereocenters. The molecular formula is C11H15F5O2. The molecule has 0 rings (SSSR count). The number of ether oxygens (including phenoxy) is 1. The summed E-state index contributed by atoms with van der Waals surface area (Å²) in [5.41, 5.74) is -3.43. The van der Waals surface area contributed by atoms with E-state index in [1.165, 1.54) is 6.92 Å². The summed E-state index contributed by atoms with van der Waals surface area (Å²) in [7, 11) is 0. The molecule has 0 aliphatic rings. The van der Waals surface area contributed by atoms with E-state index in [4.69, 9.17) is 0 Å². The minimum absolute atomic E-state index is 0.0455. The maximum absolute atomic E-state index is 13.1. The van der Waals surface area contributed by atoms with E-state index in [2.05, 4.69) is 11.3 Å². The predicted octanol–water partition coefficient (Wildman–Crippen LogP) is 3.51.